The lowest BCUT2D eigenvalue weighted by Gasteiger charge is -1.99. The molecule has 84 valence electrons. The standard InChI is InChI=1S/C10H12N4O2/c1-3-14-6-7(4-12-14)9-8(10(15)16)5-11-13(9)2/h4-6H,3H2,1-2H3,(H,15,16). The third kappa shape index (κ3) is 1.58. The van der Waals surface area contributed by atoms with E-state index in [9.17, 15) is 4.79 Å². The summed E-state index contributed by atoms with van der Waals surface area (Å²) in [5.41, 5.74) is 1.53. The second-order valence-electron chi connectivity index (χ2n) is 3.42. The van der Waals surface area contributed by atoms with Crippen LogP contribution in [0.1, 0.15) is 17.3 Å². The second-order valence-corrected chi connectivity index (χ2v) is 3.42. The van der Waals surface area contributed by atoms with Crippen molar-refractivity contribution in [2.75, 3.05) is 0 Å². The Labute approximate surface area is 92.1 Å². The molecule has 6 nitrogen and oxygen atoms in total. The summed E-state index contributed by atoms with van der Waals surface area (Å²) < 4.78 is 3.29. The molecule has 0 aliphatic carbocycles. The number of nitrogens with zero attached hydrogens (tertiary/aromatic N) is 4. The predicted molar refractivity (Wildman–Crippen MR) is 57.1 cm³/mol. The molecule has 0 radical (unpaired) electrons. The van der Waals surface area contributed by atoms with Crippen LogP contribution in [0.15, 0.2) is 18.6 Å². The molecule has 0 bridgehead atoms. The van der Waals surface area contributed by atoms with Crippen molar-refractivity contribution < 1.29 is 9.90 Å². The van der Waals surface area contributed by atoms with Crippen LogP contribution < -0.4 is 0 Å². The van der Waals surface area contributed by atoms with Gasteiger partial charge in [0.15, 0.2) is 0 Å². The summed E-state index contributed by atoms with van der Waals surface area (Å²) in [6.45, 7) is 2.72. The molecule has 16 heavy (non-hydrogen) atoms. The molecule has 0 saturated carbocycles. The van der Waals surface area contributed by atoms with Crippen molar-refractivity contribution in [1.82, 2.24) is 19.6 Å². The average molecular weight is 220 g/mol. The Morgan fingerprint density at radius 1 is 1.44 bits per heavy atom. The van der Waals surface area contributed by atoms with Crippen LogP contribution in [-0.2, 0) is 13.6 Å². The van der Waals surface area contributed by atoms with Gasteiger partial charge < -0.3 is 5.11 Å². The maximum absolute atomic E-state index is 11.0. The first kappa shape index (κ1) is 10.4. The third-order valence-corrected chi connectivity index (χ3v) is 2.40. The summed E-state index contributed by atoms with van der Waals surface area (Å²) in [6, 6.07) is 0. The van der Waals surface area contributed by atoms with E-state index in [2.05, 4.69) is 10.2 Å². The van der Waals surface area contributed by atoms with Crippen LogP contribution in [0.5, 0.6) is 0 Å². The Kier molecular flexibility index (Phi) is 2.47. The van der Waals surface area contributed by atoms with E-state index in [1.54, 1.807) is 22.6 Å². The number of carboxylic acid groups (broad SMARTS) is 1. The molecule has 2 rings (SSSR count). The number of carboxylic acids is 1. The van der Waals surface area contributed by atoms with E-state index < -0.39 is 5.97 Å². The van der Waals surface area contributed by atoms with Crippen LogP contribution in [0.3, 0.4) is 0 Å². The molecule has 0 spiro atoms. The van der Waals surface area contributed by atoms with Crippen LogP contribution in [0.4, 0.5) is 0 Å². The average Bonchev–Trinajstić information content (AvgIpc) is 2.83. The van der Waals surface area contributed by atoms with Gasteiger partial charge in [0.05, 0.1) is 18.1 Å². The highest BCUT2D eigenvalue weighted by molar-refractivity contribution is 5.94. The van der Waals surface area contributed by atoms with Gasteiger partial charge in [0, 0.05) is 25.4 Å². The normalized spacial score (nSPS) is 10.6. The molecule has 0 atom stereocenters. The van der Waals surface area contributed by atoms with E-state index in [-0.39, 0.29) is 5.56 Å². The third-order valence-electron chi connectivity index (χ3n) is 2.40. The molecule has 2 aromatic rings. The predicted octanol–water partition coefficient (Wildman–Crippen LogP) is 1.00. The SMILES string of the molecule is CCn1cc(-c2c(C(=O)O)cnn2C)cn1. The van der Waals surface area contributed by atoms with E-state index in [1.165, 1.54) is 6.20 Å². The minimum atomic E-state index is -0.979. The molecule has 0 amide bonds. The largest absolute Gasteiger partial charge is 0.478 e. The number of hydrogen-bond acceptors (Lipinski definition) is 3. The summed E-state index contributed by atoms with van der Waals surface area (Å²) in [5.74, 6) is -0.979. The molecule has 2 heterocycles. The first-order chi connectivity index (χ1) is 7.63. The van der Waals surface area contributed by atoms with E-state index >= 15 is 0 Å². The molecule has 0 fully saturated rings. The summed E-state index contributed by atoms with van der Waals surface area (Å²) >= 11 is 0. The first-order valence-electron chi connectivity index (χ1n) is 4.91. The van der Waals surface area contributed by atoms with Crippen LogP contribution in [-0.4, -0.2) is 30.6 Å². The lowest BCUT2D eigenvalue weighted by molar-refractivity contribution is 0.0697. The fraction of sp³-hybridized carbons (Fsp3) is 0.300. The summed E-state index contributed by atoms with van der Waals surface area (Å²) in [6.07, 6.45) is 4.80. The molecular formula is C10H12N4O2. The van der Waals surface area contributed by atoms with Crippen molar-refractivity contribution in [1.29, 1.82) is 0 Å². The van der Waals surface area contributed by atoms with Crippen molar-refractivity contribution in [3.05, 3.63) is 24.2 Å². The van der Waals surface area contributed by atoms with Crippen LogP contribution in [0.25, 0.3) is 11.3 Å². The molecule has 0 saturated heterocycles. The Bertz CT molecular complexity index is 527. The van der Waals surface area contributed by atoms with Gasteiger partial charge in [-0.3, -0.25) is 9.36 Å². The van der Waals surface area contributed by atoms with Gasteiger partial charge in [0.25, 0.3) is 0 Å². The van der Waals surface area contributed by atoms with E-state index in [4.69, 9.17) is 5.11 Å². The molecule has 1 N–H and O–H groups in total. The zero-order valence-electron chi connectivity index (χ0n) is 9.08. The maximum atomic E-state index is 11.0. The van der Waals surface area contributed by atoms with Gasteiger partial charge in [-0.2, -0.15) is 10.2 Å². The van der Waals surface area contributed by atoms with Crippen molar-refractivity contribution in [3.63, 3.8) is 0 Å². The lowest BCUT2D eigenvalue weighted by atomic mass is 10.1. The molecule has 0 aromatic carbocycles. The van der Waals surface area contributed by atoms with Crippen LogP contribution in [0, 0.1) is 0 Å². The van der Waals surface area contributed by atoms with Gasteiger partial charge in [0.1, 0.15) is 5.56 Å². The van der Waals surface area contributed by atoms with E-state index in [1.807, 2.05) is 13.1 Å². The van der Waals surface area contributed by atoms with Crippen molar-refractivity contribution in [3.8, 4) is 11.3 Å². The number of carbonyl (C=O) groups is 1. The number of aromatic nitrogens is 4. The first-order valence-corrected chi connectivity index (χ1v) is 4.91. The number of rotatable bonds is 3. The van der Waals surface area contributed by atoms with Gasteiger partial charge >= 0.3 is 5.97 Å². The van der Waals surface area contributed by atoms with Crippen LogP contribution >= 0.6 is 0 Å². The van der Waals surface area contributed by atoms with Gasteiger partial charge in [-0.15, -0.1) is 0 Å². The Balaban J connectivity index is 2.54. The summed E-state index contributed by atoms with van der Waals surface area (Å²) in [5, 5.41) is 17.1. The Morgan fingerprint density at radius 2 is 2.19 bits per heavy atom. The fourth-order valence-corrected chi connectivity index (χ4v) is 1.60. The maximum Gasteiger partial charge on any atom is 0.339 e. The highest BCUT2D eigenvalue weighted by atomic mass is 16.4. The smallest absolute Gasteiger partial charge is 0.339 e. The zero-order valence-corrected chi connectivity index (χ0v) is 9.08. The van der Waals surface area contributed by atoms with Crippen LogP contribution in [0.2, 0.25) is 0 Å². The summed E-state index contributed by atoms with van der Waals surface area (Å²) in [4.78, 5) is 11.0. The van der Waals surface area contributed by atoms with Gasteiger partial charge in [-0.1, -0.05) is 0 Å². The topological polar surface area (TPSA) is 72.9 Å². The van der Waals surface area contributed by atoms with Crippen molar-refractivity contribution in [2.24, 2.45) is 7.05 Å². The van der Waals surface area contributed by atoms with Gasteiger partial charge in [-0.25, -0.2) is 4.79 Å². The minimum absolute atomic E-state index is 0.193. The molecule has 6 heteroatoms. The highest BCUT2D eigenvalue weighted by Gasteiger charge is 2.17. The monoisotopic (exact) mass is 220 g/mol. The second kappa shape index (κ2) is 3.80. The van der Waals surface area contributed by atoms with Gasteiger partial charge in [-0.05, 0) is 6.92 Å². The lowest BCUT2D eigenvalue weighted by Crippen LogP contribution is -2.00. The minimum Gasteiger partial charge on any atom is -0.478 e. The van der Waals surface area contributed by atoms with E-state index in [0.717, 1.165) is 12.1 Å². The van der Waals surface area contributed by atoms with Gasteiger partial charge in [0.2, 0.25) is 0 Å². The molecule has 2 aromatic heterocycles. The highest BCUT2D eigenvalue weighted by Crippen LogP contribution is 2.22. The number of aryl methyl sites for hydroxylation is 2. The molecular weight excluding hydrogens is 208 g/mol. The Morgan fingerprint density at radius 3 is 2.75 bits per heavy atom. The molecule has 0 aliphatic heterocycles. The quantitative estimate of drug-likeness (QED) is 0.837. The Hall–Kier alpha value is -2.11. The molecule has 0 aliphatic rings. The van der Waals surface area contributed by atoms with Crippen molar-refractivity contribution in [2.45, 2.75) is 13.5 Å². The summed E-state index contributed by atoms with van der Waals surface area (Å²) in [7, 11) is 1.71. The van der Waals surface area contributed by atoms with E-state index in [0.29, 0.717) is 5.69 Å². The zero-order chi connectivity index (χ0) is 11.7. The molecule has 0 unspecified atom stereocenters. The van der Waals surface area contributed by atoms with Crippen molar-refractivity contribution >= 4 is 5.97 Å². The number of aromatic carboxylic acids is 1. The number of hydrogen-bond donors (Lipinski definition) is 1. The fourth-order valence-electron chi connectivity index (χ4n) is 1.60.